The normalized spacial score (nSPS) is 17.0. The molecule has 0 bridgehead atoms. The molecule has 1 spiro atoms. The van der Waals surface area contributed by atoms with Crippen LogP contribution < -0.4 is 14.9 Å². The first kappa shape index (κ1) is 19.7. The quantitative estimate of drug-likeness (QED) is 0.296. The minimum atomic E-state index is -1.69. The van der Waals surface area contributed by atoms with E-state index >= 15 is 0 Å². The molecular formula is C30H30NSi+. The van der Waals surface area contributed by atoms with Crippen molar-refractivity contribution in [3.63, 3.8) is 0 Å². The van der Waals surface area contributed by atoms with E-state index in [0.29, 0.717) is 0 Å². The summed E-state index contributed by atoms with van der Waals surface area (Å²) < 4.78 is 2.24. The summed E-state index contributed by atoms with van der Waals surface area (Å²) in [5, 5.41) is 3.28. The fourth-order valence-corrected chi connectivity index (χ4v) is 9.23. The van der Waals surface area contributed by atoms with Gasteiger partial charge < -0.3 is 0 Å². The Morgan fingerprint density at radius 2 is 1.44 bits per heavy atom. The van der Waals surface area contributed by atoms with E-state index in [2.05, 4.69) is 117 Å². The third kappa shape index (κ3) is 2.72. The molecule has 32 heavy (non-hydrogen) atoms. The summed E-state index contributed by atoms with van der Waals surface area (Å²) in [6, 6.07) is 30.0. The first-order chi connectivity index (χ1) is 15.4. The largest absolute Gasteiger partial charge is 0.213 e. The molecule has 4 aromatic rings. The minimum absolute atomic E-state index is 0.253. The van der Waals surface area contributed by atoms with Gasteiger partial charge in [0.25, 0.3) is 0 Å². The lowest BCUT2D eigenvalue weighted by Gasteiger charge is -2.39. The summed E-state index contributed by atoms with van der Waals surface area (Å²) in [7, 11) is 0.453. The molecule has 0 N–H and O–H groups in total. The molecule has 2 heteroatoms. The minimum Gasteiger partial charge on any atom is -0.201 e. The van der Waals surface area contributed by atoms with E-state index in [0.717, 1.165) is 0 Å². The average Bonchev–Trinajstić information content (AvgIpc) is 3.61. The van der Waals surface area contributed by atoms with Crippen LogP contribution >= 0.6 is 0 Å². The van der Waals surface area contributed by atoms with Crippen molar-refractivity contribution in [2.24, 2.45) is 7.05 Å². The molecule has 1 saturated carbocycles. The lowest BCUT2D eigenvalue weighted by Crippen LogP contribution is -2.60. The van der Waals surface area contributed by atoms with Crippen LogP contribution in [0.3, 0.4) is 0 Å². The molecule has 0 radical (unpaired) electrons. The highest BCUT2D eigenvalue weighted by Gasteiger charge is 2.54. The van der Waals surface area contributed by atoms with Gasteiger partial charge in [-0.15, -0.1) is 0 Å². The number of pyridine rings is 1. The molecule has 1 aliphatic heterocycles. The number of benzene rings is 3. The van der Waals surface area contributed by atoms with Crippen molar-refractivity contribution in [3.05, 3.63) is 102 Å². The van der Waals surface area contributed by atoms with E-state index < -0.39 is 8.07 Å². The van der Waals surface area contributed by atoms with Crippen LogP contribution in [0.25, 0.3) is 22.4 Å². The highest BCUT2D eigenvalue weighted by Crippen LogP contribution is 2.55. The van der Waals surface area contributed by atoms with Crippen molar-refractivity contribution in [2.75, 3.05) is 0 Å². The van der Waals surface area contributed by atoms with E-state index in [1.807, 2.05) is 0 Å². The van der Waals surface area contributed by atoms with Crippen molar-refractivity contribution in [2.45, 2.75) is 38.3 Å². The summed E-state index contributed by atoms with van der Waals surface area (Å²) in [4.78, 5) is 0. The third-order valence-electron chi connectivity index (χ3n) is 7.98. The molecule has 2 aliphatic rings. The van der Waals surface area contributed by atoms with Gasteiger partial charge in [-0.1, -0.05) is 84.1 Å². The van der Waals surface area contributed by atoms with Crippen molar-refractivity contribution < 1.29 is 4.57 Å². The molecule has 2 heterocycles. The molecule has 1 aliphatic carbocycles. The molecule has 1 nitrogen and oxygen atoms in total. The molecule has 0 amide bonds. The summed E-state index contributed by atoms with van der Waals surface area (Å²) in [5.41, 5.74) is 10.00. The number of aromatic nitrogens is 1. The van der Waals surface area contributed by atoms with Crippen molar-refractivity contribution in [3.8, 4) is 22.4 Å². The van der Waals surface area contributed by atoms with Crippen LogP contribution in [0.4, 0.5) is 0 Å². The Balaban J connectivity index is 1.52. The predicted octanol–water partition coefficient (Wildman–Crippen LogP) is 5.37. The van der Waals surface area contributed by atoms with Gasteiger partial charge in [-0.25, -0.2) is 4.57 Å². The Bertz CT molecular complexity index is 1380. The second-order valence-corrected chi connectivity index (χ2v) is 14.6. The molecule has 1 aromatic heterocycles. The number of hydrogen-bond acceptors (Lipinski definition) is 0. The molecule has 0 saturated heterocycles. The molecule has 6 rings (SSSR count). The van der Waals surface area contributed by atoms with Crippen LogP contribution in [-0.4, -0.2) is 8.07 Å². The second kappa shape index (κ2) is 6.76. The summed E-state index contributed by atoms with van der Waals surface area (Å²) in [6.07, 6.45) is 4.77. The van der Waals surface area contributed by atoms with Gasteiger partial charge in [0, 0.05) is 23.1 Å². The number of rotatable bonds is 2. The van der Waals surface area contributed by atoms with Gasteiger partial charge in [0.2, 0.25) is 5.69 Å². The van der Waals surface area contributed by atoms with E-state index in [1.165, 1.54) is 40.8 Å². The number of aryl methyl sites for hydroxylation is 2. The van der Waals surface area contributed by atoms with Crippen LogP contribution in [0, 0.1) is 6.92 Å². The molecule has 0 atom stereocenters. The van der Waals surface area contributed by atoms with Crippen molar-refractivity contribution in [1.82, 2.24) is 0 Å². The topological polar surface area (TPSA) is 3.88 Å². The molecule has 1 fully saturated rings. The monoisotopic (exact) mass is 432 g/mol. The lowest BCUT2D eigenvalue weighted by atomic mass is 9.85. The standard InChI is InChI=1S/C30H30NSi/c1-21-9-5-6-10-24(21)27-20-23(15-18-31(27)2)22-13-14-29-26(19-22)30(16-17-30)25-11-7-8-12-28(25)32(29,3)4/h5-15,18-20H,16-17H2,1-4H3/q+1. The fraction of sp³-hybridized carbons (Fsp3) is 0.233. The number of fused-ring (bicyclic) bond motifs is 4. The van der Waals surface area contributed by atoms with Gasteiger partial charge in [-0.3, -0.25) is 0 Å². The Morgan fingerprint density at radius 1 is 0.750 bits per heavy atom. The molecule has 158 valence electrons. The van der Waals surface area contributed by atoms with Gasteiger partial charge in [-0.2, -0.15) is 0 Å². The first-order valence-corrected chi connectivity index (χ1v) is 14.7. The van der Waals surface area contributed by atoms with Gasteiger partial charge in [-0.05, 0) is 53.6 Å². The van der Waals surface area contributed by atoms with Crippen LogP contribution in [-0.2, 0) is 12.5 Å². The smallest absolute Gasteiger partial charge is 0.201 e. The van der Waals surface area contributed by atoms with Crippen LogP contribution in [0.2, 0.25) is 13.1 Å². The fourth-order valence-electron chi connectivity index (χ4n) is 5.94. The maximum atomic E-state index is 2.53. The lowest BCUT2D eigenvalue weighted by molar-refractivity contribution is -0.660. The van der Waals surface area contributed by atoms with Crippen molar-refractivity contribution in [1.29, 1.82) is 0 Å². The maximum absolute atomic E-state index is 2.53. The molecular weight excluding hydrogens is 402 g/mol. The molecule has 3 aromatic carbocycles. The number of nitrogens with zero attached hydrogens (tertiary/aromatic N) is 1. The average molecular weight is 433 g/mol. The van der Waals surface area contributed by atoms with E-state index in [1.54, 1.807) is 21.5 Å². The zero-order valence-electron chi connectivity index (χ0n) is 19.4. The third-order valence-corrected chi connectivity index (χ3v) is 11.5. The summed E-state index contributed by atoms with van der Waals surface area (Å²) in [6.45, 7) is 7.25. The van der Waals surface area contributed by atoms with Crippen LogP contribution in [0.1, 0.15) is 29.5 Å². The van der Waals surface area contributed by atoms with Gasteiger partial charge >= 0.3 is 0 Å². The van der Waals surface area contributed by atoms with E-state index in [-0.39, 0.29) is 5.41 Å². The zero-order valence-corrected chi connectivity index (χ0v) is 20.4. The van der Waals surface area contributed by atoms with Gasteiger partial charge in [0.15, 0.2) is 6.20 Å². The van der Waals surface area contributed by atoms with E-state index in [9.17, 15) is 0 Å². The van der Waals surface area contributed by atoms with Crippen LogP contribution in [0.5, 0.6) is 0 Å². The van der Waals surface area contributed by atoms with Gasteiger partial charge in [0.1, 0.15) is 15.1 Å². The predicted molar refractivity (Wildman–Crippen MR) is 136 cm³/mol. The summed E-state index contributed by atoms with van der Waals surface area (Å²) in [5.74, 6) is 0. The highest BCUT2D eigenvalue weighted by molar-refractivity contribution is 7.01. The number of hydrogen-bond donors (Lipinski definition) is 0. The van der Waals surface area contributed by atoms with Crippen molar-refractivity contribution >= 4 is 18.4 Å². The Morgan fingerprint density at radius 3 is 2.22 bits per heavy atom. The second-order valence-electron chi connectivity index (χ2n) is 10.2. The molecule has 0 unspecified atom stereocenters. The highest BCUT2D eigenvalue weighted by atomic mass is 28.3. The van der Waals surface area contributed by atoms with Crippen LogP contribution in [0.15, 0.2) is 85.1 Å². The zero-order chi connectivity index (χ0) is 22.1. The SMILES string of the molecule is Cc1ccccc1-c1cc(-c2ccc3c(c2)C2(CC2)c2ccccc2[Si]3(C)C)cc[n+]1C. The Labute approximate surface area is 192 Å². The Kier molecular flexibility index (Phi) is 4.16. The Hall–Kier alpha value is -2.97. The maximum Gasteiger partial charge on any atom is 0.213 e. The first-order valence-electron chi connectivity index (χ1n) is 11.7. The summed E-state index contributed by atoms with van der Waals surface area (Å²) >= 11 is 0. The van der Waals surface area contributed by atoms with Gasteiger partial charge in [0.05, 0.1) is 0 Å². The van der Waals surface area contributed by atoms with E-state index in [4.69, 9.17) is 0 Å².